The van der Waals surface area contributed by atoms with Crippen LogP contribution in [0.5, 0.6) is 11.8 Å². The summed E-state index contributed by atoms with van der Waals surface area (Å²) in [7, 11) is 0. The fourth-order valence-electron chi connectivity index (χ4n) is 5.73. The van der Waals surface area contributed by atoms with Gasteiger partial charge in [0.15, 0.2) is 5.82 Å². The molecule has 13 heteroatoms. The van der Waals surface area contributed by atoms with Crippen molar-refractivity contribution < 1.29 is 32.2 Å². The molecule has 0 saturated carbocycles. The molecular formula is C30H32ClF4N5O3. The molecule has 0 radical (unpaired) electrons. The Kier molecular flexibility index (Phi) is 8.71. The van der Waals surface area contributed by atoms with Crippen molar-refractivity contribution in [2.75, 3.05) is 44.2 Å². The van der Waals surface area contributed by atoms with Gasteiger partial charge in [-0.05, 0) is 44.5 Å². The number of amides is 1. The van der Waals surface area contributed by atoms with Crippen LogP contribution in [0.3, 0.4) is 0 Å². The molecule has 2 fully saturated rings. The number of rotatable bonds is 8. The molecule has 1 N–H and O–H groups in total. The number of ether oxygens (including phenoxy) is 1. The van der Waals surface area contributed by atoms with E-state index in [-0.39, 0.29) is 71.6 Å². The first-order valence-corrected chi connectivity index (χ1v) is 14.4. The Morgan fingerprint density at radius 3 is 2.65 bits per heavy atom. The number of carbonyl (C=O) groups is 1. The molecule has 2 aliphatic rings. The number of piperazine rings is 1. The van der Waals surface area contributed by atoms with Gasteiger partial charge >= 0.3 is 6.01 Å². The summed E-state index contributed by atoms with van der Waals surface area (Å²) in [6.07, 6.45) is 1.47. The van der Waals surface area contributed by atoms with E-state index in [1.54, 1.807) is 9.80 Å². The van der Waals surface area contributed by atoms with Gasteiger partial charge in [0.25, 0.3) is 5.92 Å². The van der Waals surface area contributed by atoms with E-state index < -0.39 is 28.9 Å². The van der Waals surface area contributed by atoms with Gasteiger partial charge in [-0.1, -0.05) is 24.2 Å². The quantitative estimate of drug-likeness (QED) is 0.198. The highest BCUT2D eigenvalue weighted by molar-refractivity contribution is 6.34. The first kappa shape index (κ1) is 30.8. The number of phenols is 1. The topological polar surface area (TPSA) is 82.0 Å². The van der Waals surface area contributed by atoms with Gasteiger partial charge < -0.3 is 19.6 Å². The second-order valence-corrected chi connectivity index (χ2v) is 11.4. The van der Waals surface area contributed by atoms with Crippen LogP contribution in [0.2, 0.25) is 5.02 Å². The summed E-state index contributed by atoms with van der Waals surface area (Å²) < 4.78 is 64.0. The van der Waals surface area contributed by atoms with Gasteiger partial charge in [0, 0.05) is 55.6 Å². The second-order valence-electron chi connectivity index (χ2n) is 11.0. The molecule has 0 spiro atoms. The highest BCUT2D eigenvalue weighted by atomic mass is 35.5. The predicted molar refractivity (Wildman–Crippen MR) is 156 cm³/mol. The van der Waals surface area contributed by atoms with Crippen LogP contribution >= 0.6 is 11.6 Å². The van der Waals surface area contributed by atoms with Crippen molar-refractivity contribution >= 4 is 34.2 Å². The lowest BCUT2D eigenvalue weighted by atomic mass is 10.0. The summed E-state index contributed by atoms with van der Waals surface area (Å²) in [5.41, 5.74) is -0.973. The molecule has 0 bridgehead atoms. The number of aromatic hydroxyl groups is 1. The van der Waals surface area contributed by atoms with Crippen LogP contribution in [0, 0.1) is 11.6 Å². The van der Waals surface area contributed by atoms with Gasteiger partial charge in [-0.15, -0.1) is 0 Å². The minimum Gasteiger partial charge on any atom is -0.507 e. The SMILES string of the molecule is C=CC(=O)N1C[C@H](C)N(c2nc(OCCCN3CCC(F)(F)C3)nc3c(F)c(-c4c(O)cccc4F)c(Cl)cc23)C[C@H]1C. The van der Waals surface area contributed by atoms with Crippen LogP contribution in [0.4, 0.5) is 23.4 Å². The number of likely N-dealkylation sites (tertiary alicyclic amines) is 1. The normalized spacial score (nSPS) is 20.5. The lowest BCUT2D eigenvalue weighted by molar-refractivity contribution is -0.128. The maximum absolute atomic E-state index is 16.3. The van der Waals surface area contributed by atoms with Gasteiger partial charge in [0.2, 0.25) is 5.91 Å². The second kappa shape index (κ2) is 12.2. The Hall–Kier alpha value is -3.64. The predicted octanol–water partition coefficient (Wildman–Crippen LogP) is 5.66. The highest BCUT2D eigenvalue weighted by Gasteiger charge is 2.38. The summed E-state index contributed by atoms with van der Waals surface area (Å²) in [5.74, 6) is -4.96. The average Bonchev–Trinajstić information content (AvgIpc) is 3.31. The molecule has 43 heavy (non-hydrogen) atoms. The van der Waals surface area contributed by atoms with Crippen molar-refractivity contribution in [2.45, 2.75) is 44.7 Å². The fraction of sp³-hybridized carbons (Fsp3) is 0.433. The zero-order valence-corrected chi connectivity index (χ0v) is 24.6. The molecule has 0 aliphatic carbocycles. The van der Waals surface area contributed by atoms with E-state index in [4.69, 9.17) is 16.3 Å². The molecule has 3 heterocycles. The number of benzene rings is 2. The standard InChI is InChI=1S/C30H32ClF4N5O3/c1-4-23(42)39-14-18(3)40(15-17(39)2)28-19-13-20(31)24(25-21(32)7-5-8-22(25)41)26(33)27(19)36-29(37-28)43-12-6-10-38-11-9-30(34,35)16-38/h4-5,7-8,13,17-18,41H,1,6,9-12,14-16H2,2-3H3/t17-,18+/m1/s1. The number of carbonyl (C=O) groups excluding carboxylic acids is 1. The molecule has 2 aromatic carbocycles. The number of alkyl halides is 2. The number of nitrogens with zero attached hydrogens (tertiary/aromatic N) is 5. The number of hydrogen-bond donors (Lipinski definition) is 1. The molecule has 8 nitrogen and oxygen atoms in total. The monoisotopic (exact) mass is 621 g/mol. The van der Waals surface area contributed by atoms with Crippen molar-refractivity contribution in [3.8, 4) is 22.9 Å². The number of halogens is 5. The number of hydrogen-bond acceptors (Lipinski definition) is 7. The van der Waals surface area contributed by atoms with Crippen LogP contribution in [-0.4, -0.2) is 88.1 Å². The van der Waals surface area contributed by atoms with Crippen LogP contribution < -0.4 is 9.64 Å². The summed E-state index contributed by atoms with van der Waals surface area (Å²) in [6.45, 7) is 8.45. The molecule has 5 rings (SSSR count). The lowest BCUT2D eigenvalue weighted by Crippen LogP contribution is -2.58. The average molecular weight is 622 g/mol. The molecule has 230 valence electrons. The zero-order valence-electron chi connectivity index (χ0n) is 23.8. The van der Waals surface area contributed by atoms with Gasteiger partial charge in [-0.3, -0.25) is 9.69 Å². The van der Waals surface area contributed by atoms with Gasteiger partial charge in [-0.2, -0.15) is 9.97 Å². The van der Waals surface area contributed by atoms with Crippen molar-refractivity contribution in [1.82, 2.24) is 19.8 Å². The third-order valence-electron chi connectivity index (χ3n) is 7.90. The number of fused-ring (bicyclic) bond motifs is 1. The Morgan fingerprint density at radius 2 is 1.98 bits per heavy atom. The molecule has 1 aromatic heterocycles. The summed E-state index contributed by atoms with van der Waals surface area (Å²) in [4.78, 5) is 26.5. The molecule has 1 amide bonds. The Balaban J connectivity index is 1.53. The van der Waals surface area contributed by atoms with Gasteiger partial charge in [0.05, 0.1) is 23.7 Å². The minimum atomic E-state index is -2.70. The summed E-state index contributed by atoms with van der Waals surface area (Å²) in [6, 6.07) is 4.34. The zero-order chi connectivity index (χ0) is 31.1. The van der Waals surface area contributed by atoms with Crippen molar-refractivity contribution in [2.24, 2.45) is 0 Å². The Morgan fingerprint density at radius 1 is 1.21 bits per heavy atom. The first-order valence-electron chi connectivity index (χ1n) is 14.0. The van der Waals surface area contributed by atoms with E-state index >= 15 is 4.39 Å². The minimum absolute atomic E-state index is 0.0801. The number of anilines is 1. The van der Waals surface area contributed by atoms with E-state index in [1.807, 2.05) is 18.7 Å². The summed E-state index contributed by atoms with van der Waals surface area (Å²) >= 11 is 6.53. The van der Waals surface area contributed by atoms with Crippen LogP contribution in [0.15, 0.2) is 36.9 Å². The van der Waals surface area contributed by atoms with Crippen LogP contribution in [0.25, 0.3) is 22.0 Å². The van der Waals surface area contributed by atoms with Crippen molar-refractivity contribution in [3.05, 3.63) is 53.6 Å². The Labute approximate surface area is 251 Å². The summed E-state index contributed by atoms with van der Waals surface area (Å²) in [5, 5.41) is 10.5. The Bertz CT molecular complexity index is 1540. The maximum atomic E-state index is 16.3. The molecule has 0 unspecified atom stereocenters. The molecular weight excluding hydrogens is 590 g/mol. The third kappa shape index (κ3) is 6.21. The van der Waals surface area contributed by atoms with Crippen molar-refractivity contribution in [1.29, 1.82) is 0 Å². The van der Waals surface area contributed by atoms with Crippen LogP contribution in [0.1, 0.15) is 26.7 Å². The smallest absolute Gasteiger partial charge is 0.319 e. The first-order chi connectivity index (χ1) is 20.4. The lowest BCUT2D eigenvalue weighted by Gasteiger charge is -2.44. The van der Waals surface area contributed by atoms with E-state index in [2.05, 4.69) is 16.5 Å². The molecule has 2 saturated heterocycles. The number of aromatic nitrogens is 2. The highest BCUT2D eigenvalue weighted by Crippen LogP contribution is 2.43. The van der Waals surface area contributed by atoms with Crippen molar-refractivity contribution in [3.63, 3.8) is 0 Å². The molecule has 2 aliphatic heterocycles. The van der Waals surface area contributed by atoms with Gasteiger partial charge in [-0.25, -0.2) is 17.6 Å². The van der Waals surface area contributed by atoms with Crippen LogP contribution in [-0.2, 0) is 4.79 Å². The van der Waals surface area contributed by atoms with E-state index in [0.717, 1.165) is 6.07 Å². The van der Waals surface area contributed by atoms with Gasteiger partial charge in [0.1, 0.15) is 22.9 Å². The molecule has 3 aromatic rings. The maximum Gasteiger partial charge on any atom is 0.319 e. The molecule has 2 atom stereocenters. The fourth-order valence-corrected chi connectivity index (χ4v) is 6.01. The largest absolute Gasteiger partial charge is 0.507 e. The third-order valence-corrected chi connectivity index (χ3v) is 8.20. The van der Waals surface area contributed by atoms with E-state index in [1.165, 1.54) is 24.3 Å². The van der Waals surface area contributed by atoms with E-state index in [0.29, 0.717) is 31.9 Å². The number of phenolic OH excluding ortho intramolecular Hbond substituents is 1. The van der Waals surface area contributed by atoms with E-state index in [9.17, 15) is 23.1 Å².